The minimum Gasteiger partial charge on any atom is -0.465 e. The van der Waals surface area contributed by atoms with Gasteiger partial charge in [0.05, 0.1) is 18.7 Å². The van der Waals surface area contributed by atoms with Crippen LogP contribution >= 0.6 is 0 Å². The van der Waals surface area contributed by atoms with Gasteiger partial charge in [0.25, 0.3) is 0 Å². The fraction of sp³-hybridized carbons (Fsp3) is 0.833. The van der Waals surface area contributed by atoms with Crippen molar-refractivity contribution >= 4 is 12.2 Å². The SMILES string of the molecule is CO[C@@H]1C[C@H](NC(=O)OC(C)(C)C)CN(C(=O)O)C1. The fourth-order valence-electron chi connectivity index (χ4n) is 1.96. The molecule has 0 aromatic heterocycles. The number of hydrogen-bond donors (Lipinski definition) is 2. The average molecular weight is 274 g/mol. The van der Waals surface area contributed by atoms with Crippen molar-refractivity contribution in [1.82, 2.24) is 10.2 Å². The molecule has 0 aliphatic carbocycles. The number of nitrogens with zero attached hydrogens (tertiary/aromatic N) is 1. The average Bonchev–Trinajstić information content (AvgIpc) is 2.25. The number of carboxylic acid groups (broad SMARTS) is 1. The lowest BCUT2D eigenvalue weighted by Crippen LogP contribution is -2.54. The predicted octanol–water partition coefficient (Wildman–Crippen LogP) is 1.28. The van der Waals surface area contributed by atoms with Crippen LogP contribution in [-0.4, -0.2) is 60.1 Å². The number of nitrogens with one attached hydrogen (secondary N) is 1. The van der Waals surface area contributed by atoms with Gasteiger partial charge in [-0.3, -0.25) is 0 Å². The Balaban J connectivity index is 2.56. The van der Waals surface area contributed by atoms with Crippen LogP contribution in [0.5, 0.6) is 0 Å². The normalized spacial score (nSPS) is 23.9. The van der Waals surface area contributed by atoms with Crippen LogP contribution in [-0.2, 0) is 9.47 Å². The molecule has 0 aromatic carbocycles. The number of rotatable bonds is 2. The summed E-state index contributed by atoms with van der Waals surface area (Å²) >= 11 is 0. The summed E-state index contributed by atoms with van der Waals surface area (Å²) in [7, 11) is 1.53. The van der Waals surface area contributed by atoms with E-state index in [9.17, 15) is 9.59 Å². The Bertz CT molecular complexity index is 340. The van der Waals surface area contributed by atoms with Gasteiger partial charge in [0.15, 0.2) is 0 Å². The summed E-state index contributed by atoms with van der Waals surface area (Å²) in [5, 5.41) is 11.7. The lowest BCUT2D eigenvalue weighted by atomic mass is 10.0. The molecule has 7 heteroatoms. The lowest BCUT2D eigenvalue weighted by molar-refractivity contribution is 0.0131. The summed E-state index contributed by atoms with van der Waals surface area (Å²) in [5.74, 6) is 0. The predicted molar refractivity (Wildman–Crippen MR) is 68.2 cm³/mol. The number of carbonyl (C=O) groups is 2. The second-order valence-electron chi connectivity index (χ2n) is 5.62. The van der Waals surface area contributed by atoms with Crippen LogP contribution in [0.4, 0.5) is 9.59 Å². The summed E-state index contributed by atoms with van der Waals surface area (Å²) in [6, 6.07) is -0.301. The minimum atomic E-state index is -1.02. The maximum absolute atomic E-state index is 11.7. The highest BCUT2D eigenvalue weighted by molar-refractivity contribution is 5.69. The molecule has 0 saturated carbocycles. The van der Waals surface area contributed by atoms with Gasteiger partial charge in [-0.25, -0.2) is 9.59 Å². The van der Waals surface area contributed by atoms with Crippen LogP contribution < -0.4 is 5.32 Å². The van der Waals surface area contributed by atoms with E-state index in [4.69, 9.17) is 14.6 Å². The Hall–Kier alpha value is -1.50. The first-order chi connectivity index (χ1) is 8.71. The number of carbonyl (C=O) groups excluding carboxylic acids is 1. The molecule has 1 fully saturated rings. The van der Waals surface area contributed by atoms with Gasteiger partial charge >= 0.3 is 12.2 Å². The molecular formula is C12H22N2O5. The molecule has 1 aliphatic heterocycles. The van der Waals surface area contributed by atoms with E-state index in [0.717, 1.165) is 0 Å². The van der Waals surface area contributed by atoms with E-state index < -0.39 is 17.8 Å². The highest BCUT2D eigenvalue weighted by Crippen LogP contribution is 2.14. The lowest BCUT2D eigenvalue weighted by Gasteiger charge is -2.36. The Morgan fingerprint density at radius 2 is 1.95 bits per heavy atom. The van der Waals surface area contributed by atoms with Gasteiger partial charge in [0.2, 0.25) is 0 Å². The van der Waals surface area contributed by atoms with Crippen LogP contribution in [0.15, 0.2) is 0 Å². The van der Waals surface area contributed by atoms with Crippen molar-refractivity contribution in [2.24, 2.45) is 0 Å². The quantitative estimate of drug-likeness (QED) is 0.792. The van der Waals surface area contributed by atoms with E-state index in [1.54, 1.807) is 20.8 Å². The molecule has 0 radical (unpaired) electrons. The molecule has 0 aromatic rings. The van der Waals surface area contributed by atoms with Gasteiger partial charge in [-0.2, -0.15) is 0 Å². The minimum absolute atomic E-state index is 0.218. The molecule has 1 aliphatic rings. The zero-order chi connectivity index (χ0) is 14.6. The first-order valence-corrected chi connectivity index (χ1v) is 6.21. The van der Waals surface area contributed by atoms with Crippen molar-refractivity contribution in [1.29, 1.82) is 0 Å². The largest absolute Gasteiger partial charge is 0.465 e. The van der Waals surface area contributed by atoms with Crippen molar-refractivity contribution in [3.8, 4) is 0 Å². The Kier molecular flexibility index (Phi) is 4.99. The maximum atomic E-state index is 11.7. The van der Waals surface area contributed by atoms with Gasteiger partial charge in [-0.05, 0) is 27.2 Å². The van der Waals surface area contributed by atoms with Crippen LogP contribution in [0.1, 0.15) is 27.2 Å². The summed E-state index contributed by atoms with van der Waals surface area (Å²) < 4.78 is 10.3. The zero-order valence-corrected chi connectivity index (χ0v) is 11.8. The Morgan fingerprint density at radius 3 is 2.42 bits per heavy atom. The molecule has 19 heavy (non-hydrogen) atoms. The van der Waals surface area contributed by atoms with Crippen molar-refractivity contribution < 1.29 is 24.2 Å². The Labute approximate surface area is 112 Å². The van der Waals surface area contributed by atoms with Crippen LogP contribution in [0.2, 0.25) is 0 Å². The first-order valence-electron chi connectivity index (χ1n) is 6.21. The molecular weight excluding hydrogens is 252 g/mol. The summed E-state index contributed by atoms with van der Waals surface area (Å²) in [4.78, 5) is 23.9. The van der Waals surface area contributed by atoms with Gasteiger partial charge in [0, 0.05) is 13.7 Å². The molecule has 2 amide bonds. The molecule has 1 rings (SSSR count). The highest BCUT2D eigenvalue weighted by Gasteiger charge is 2.31. The van der Waals surface area contributed by atoms with Crippen molar-refractivity contribution in [3.63, 3.8) is 0 Å². The second kappa shape index (κ2) is 6.10. The number of ether oxygens (including phenoxy) is 2. The molecule has 2 atom stereocenters. The number of hydrogen-bond acceptors (Lipinski definition) is 4. The maximum Gasteiger partial charge on any atom is 0.407 e. The monoisotopic (exact) mass is 274 g/mol. The van der Waals surface area contributed by atoms with Crippen molar-refractivity contribution in [2.75, 3.05) is 20.2 Å². The summed E-state index contributed by atoms with van der Waals surface area (Å²) in [6.07, 6.45) is -1.21. The number of methoxy groups -OCH3 is 1. The van der Waals surface area contributed by atoms with Gasteiger partial charge < -0.3 is 24.8 Å². The van der Waals surface area contributed by atoms with E-state index in [1.807, 2.05) is 0 Å². The molecule has 1 saturated heterocycles. The zero-order valence-electron chi connectivity index (χ0n) is 11.8. The second-order valence-corrected chi connectivity index (χ2v) is 5.62. The molecule has 0 bridgehead atoms. The molecule has 1 heterocycles. The van der Waals surface area contributed by atoms with Crippen molar-refractivity contribution in [3.05, 3.63) is 0 Å². The van der Waals surface area contributed by atoms with Crippen LogP contribution in [0.3, 0.4) is 0 Å². The van der Waals surface area contributed by atoms with Gasteiger partial charge in [0.1, 0.15) is 5.60 Å². The van der Waals surface area contributed by atoms with E-state index in [2.05, 4.69) is 5.32 Å². The van der Waals surface area contributed by atoms with Crippen LogP contribution in [0, 0.1) is 0 Å². The highest BCUT2D eigenvalue weighted by atomic mass is 16.6. The number of likely N-dealkylation sites (tertiary alicyclic amines) is 1. The summed E-state index contributed by atoms with van der Waals surface area (Å²) in [6.45, 7) is 5.88. The molecule has 110 valence electrons. The Morgan fingerprint density at radius 1 is 1.32 bits per heavy atom. The third kappa shape index (κ3) is 5.34. The van der Waals surface area contributed by atoms with E-state index >= 15 is 0 Å². The molecule has 2 N–H and O–H groups in total. The van der Waals surface area contributed by atoms with Gasteiger partial charge in [-0.15, -0.1) is 0 Å². The number of piperidine rings is 1. The molecule has 0 unspecified atom stereocenters. The molecule has 0 spiro atoms. The van der Waals surface area contributed by atoms with Crippen LogP contribution in [0.25, 0.3) is 0 Å². The fourth-order valence-corrected chi connectivity index (χ4v) is 1.96. The van der Waals surface area contributed by atoms with E-state index in [0.29, 0.717) is 13.0 Å². The molecule has 7 nitrogen and oxygen atoms in total. The standard InChI is InChI=1S/C12H22N2O5/c1-12(2,3)19-10(15)13-8-5-9(18-4)7-14(6-8)11(16)17/h8-9H,5-7H2,1-4H3,(H,13,15)(H,16,17)/t8-,9+/m0/s1. The third-order valence-corrected chi connectivity index (χ3v) is 2.74. The van der Waals surface area contributed by atoms with E-state index in [1.165, 1.54) is 12.0 Å². The summed E-state index contributed by atoms with van der Waals surface area (Å²) in [5.41, 5.74) is -0.577. The number of amides is 2. The van der Waals surface area contributed by atoms with E-state index in [-0.39, 0.29) is 18.7 Å². The first kappa shape index (κ1) is 15.6. The third-order valence-electron chi connectivity index (χ3n) is 2.74. The smallest absolute Gasteiger partial charge is 0.407 e. The topological polar surface area (TPSA) is 88.1 Å². The van der Waals surface area contributed by atoms with Crippen molar-refractivity contribution in [2.45, 2.75) is 44.9 Å². The number of alkyl carbamates (subject to hydrolysis) is 1. The van der Waals surface area contributed by atoms with Gasteiger partial charge in [-0.1, -0.05) is 0 Å².